The molecule has 0 radical (unpaired) electrons. The van der Waals surface area contributed by atoms with Crippen molar-refractivity contribution in [2.75, 3.05) is 21.3 Å². The van der Waals surface area contributed by atoms with Crippen LogP contribution in [-0.4, -0.2) is 33.4 Å². The minimum absolute atomic E-state index is 0.159. The quantitative estimate of drug-likeness (QED) is 0.596. The van der Waals surface area contributed by atoms with Crippen molar-refractivity contribution in [1.82, 2.24) is 0 Å². The van der Waals surface area contributed by atoms with Crippen molar-refractivity contribution >= 4 is 12.0 Å². The second kappa shape index (κ2) is 7.57. The molecule has 21 heavy (non-hydrogen) atoms. The van der Waals surface area contributed by atoms with Crippen LogP contribution in [0.25, 0.3) is 6.08 Å². The molecule has 0 amide bonds. The summed E-state index contributed by atoms with van der Waals surface area (Å²) in [5.74, 6) is 1.20. The van der Waals surface area contributed by atoms with Crippen LogP contribution in [0, 0.1) is 0 Å². The molecule has 0 atom stereocenters. The molecule has 5 heteroatoms. The minimum Gasteiger partial charge on any atom is -0.493 e. The van der Waals surface area contributed by atoms with Crippen molar-refractivity contribution in [3.63, 3.8) is 0 Å². The van der Waals surface area contributed by atoms with Crippen LogP contribution < -0.4 is 14.2 Å². The van der Waals surface area contributed by atoms with Gasteiger partial charge in [0, 0.05) is 11.1 Å². The summed E-state index contributed by atoms with van der Waals surface area (Å²) in [4.78, 5) is 11.8. The Hall–Kier alpha value is -2.17. The van der Waals surface area contributed by atoms with Gasteiger partial charge in [0.1, 0.15) is 0 Å². The van der Waals surface area contributed by atoms with Crippen LogP contribution in [0.3, 0.4) is 0 Å². The fourth-order valence-electron chi connectivity index (χ4n) is 1.84. The van der Waals surface area contributed by atoms with Crippen molar-refractivity contribution in [2.24, 2.45) is 0 Å². The maximum absolute atomic E-state index is 11.8. The summed E-state index contributed by atoms with van der Waals surface area (Å²) in [5, 5.41) is 0. The molecule has 0 spiro atoms. The van der Waals surface area contributed by atoms with Crippen LogP contribution >= 0.6 is 0 Å². The number of carbonyl (C=O) groups is 1. The van der Waals surface area contributed by atoms with E-state index in [0.29, 0.717) is 28.4 Å². The van der Waals surface area contributed by atoms with Gasteiger partial charge in [0.2, 0.25) is 5.75 Å². The monoisotopic (exact) mass is 294 g/mol. The molecule has 116 valence electrons. The van der Waals surface area contributed by atoms with E-state index in [1.54, 1.807) is 32.2 Å². The summed E-state index contributed by atoms with van der Waals surface area (Å²) in [6.07, 6.45) is 1.54. The summed E-state index contributed by atoms with van der Waals surface area (Å²) in [6, 6.07) is 3.56. The molecule has 0 saturated heterocycles. The van der Waals surface area contributed by atoms with Crippen molar-refractivity contribution in [3.8, 4) is 17.2 Å². The maximum atomic E-state index is 11.8. The zero-order valence-corrected chi connectivity index (χ0v) is 13.4. The third kappa shape index (κ3) is 4.15. The number of methoxy groups -OCH3 is 3. The Balaban J connectivity index is 3.22. The lowest BCUT2D eigenvalue weighted by Gasteiger charge is -2.14. The lowest BCUT2D eigenvalue weighted by atomic mass is 10.1. The normalized spacial score (nSPS) is 11.3. The molecule has 0 fully saturated rings. The Morgan fingerprint density at radius 2 is 1.67 bits per heavy atom. The molecule has 5 nitrogen and oxygen atoms in total. The molecule has 0 heterocycles. The standard InChI is InChI=1S/C16H22O5/c1-10(2)21-16(17)11(3)9-12-7-8-13(18-4)15(20-6)14(12)19-5/h7-10H,1-6H3. The van der Waals surface area contributed by atoms with Gasteiger partial charge in [0.05, 0.1) is 27.4 Å². The van der Waals surface area contributed by atoms with Gasteiger partial charge in [-0.25, -0.2) is 4.79 Å². The Bertz CT molecular complexity index is 532. The number of rotatable bonds is 6. The van der Waals surface area contributed by atoms with Gasteiger partial charge in [-0.3, -0.25) is 0 Å². The highest BCUT2D eigenvalue weighted by molar-refractivity contribution is 5.93. The molecule has 0 bridgehead atoms. The SMILES string of the molecule is COc1ccc(C=C(C)C(=O)OC(C)C)c(OC)c1OC. The minimum atomic E-state index is -0.359. The van der Waals surface area contributed by atoms with E-state index in [0.717, 1.165) is 0 Å². The molecular weight excluding hydrogens is 272 g/mol. The van der Waals surface area contributed by atoms with E-state index >= 15 is 0 Å². The van der Waals surface area contributed by atoms with E-state index in [4.69, 9.17) is 18.9 Å². The van der Waals surface area contributed by atoms with E-state index in [-0.39, 0.29) is 12.1 Å². The number of ether oxygens (including phenoxy) is 4. The Morgan fingerprint density at radius 3 is 2.14 bits per heavy atom. The summed E-state index contributed by atoms with van der Waals surface area (Å²) < 4.78 is 21.1. The fraction of sp³-hybridized carbons (Fsp3) is 0.438. The van der Waals surface area contributed by atoms with Gasteiger partial charge in [-0.05, 0) is 39.0 Å². The second-order valence-corrected chi connectivity index (χ2v) is 4.70. The lowest BCUT2D eigenvalue weighted by Crippen LogP contribution is -2.12. The predicted molar refractivity (Wildman–Crippen MR) is 81.0 cm³/mol. The molecule has 0 unspecified atom stereocenters. The largest absolute Gasteiger partial charge is 0.493 e. The van der Waals surface area contributed by atoms with E-state index in [9.17, 15) is 4.79 Å². The van der Waals surface area contributed by atoms with Gasteiger partial charge in [-0.1, -0.05) is 0 Å². The molecule has 1 aromatic rings. The van der Waals surface area contributed by atoms with Crippen molar-refractivity contribution in [1.29, 1.82) is 0 Å². The zero-order valence-electron chi connectivity index (χ0n) is 13.4. The molecule has 0 saturated carbocycles. The van der Waals surface area contributed by atoms with E-state index < -0.39 is 0 Å². The van der Waals surface area contributed by atoms with Gasteiger partial charge in [-0.2, -0.15) is 0 Å². The molecular formula is C16H22O5. The highest BCUT2D eigenvalue weighted by atomic mass is 16.5. The maximum Gasteiger partial charge on any atom is 0.333 e. The van der Waals surface area contributed by atoms with E-state index in [2.05, 4.69) is 0 Å². The molecule has 0 aliphatic heterocycles. The average Bonchev–Trinajstić information content (AvgIpc) is 2.45. The molecule has 0 aliphatic carbocycles. The summed E-state index contributed by atoms with van der Waals surface area (Å²) in [7, 11) is 4.63. The molecule has 0 aliphatic rings. The zero-order chi connectivity index (χ0) is 16.0. The molecule has 0 N–H and O–H groups in total. The van der Waals surface area contributed by atoms with Gasteiger partial charge >= 0.3 is 5.97 Å². The number of benzene rings is 1. The Labute approximate surface area is 125 Å². The predicted octanol–water partition coefficient (Wildman–Crippen LogP) is 3.07. The van der Waals surface area contributed by atoms with Crippen LogP contribution in [-0.2, 0) is 9.53 Å². The first-order chi connectivity index (χ1) is 9.94. The van der Waals surface area contributed by atoms with Crippen molar-refractivity contribution in [2.45, 2.75) is 26.9 Å². The van der Waals surface area contributed by atoms with Gasteiger partial charge in [0.25, 0.3) is 0 Å². The topological polar surface area (TPSA) is 54.0 Å². The number of hydrogen-bond donors (Lipinski definition) is 0. The first-order valence-corrected chi connectivity index (χ1v) is 6.62. The second-order valence-electron chi connectivity index (χ2n) is 4.70. The number of esters is 1. The van der Waals surface area contributed by atoms with Gasteiger partial charge < -0.3 is 18.9 Å². The summed E-state index contributed by atoms with van der Waals surface area (Å²) in [5.41, 5.74) is 1.20. The highest BCUT2D eigenvalue weighted by Crippen LogP contribution is 2.40. The Kier molecular flexibility index (Phi) is 6.09. The molecule has 1 aromatic carbocycles. The molecule has 0 aromatic heterocycles. The number of hydrogen-bond acceptors (Lipinski definition) is 5. The molecule has 1 rings (SSSR count). The average molecular weight is 294 g/mol. The van der Waals surface area contributed by atoms with E-state index in [1.165, 1.54) is 14.2 Å². The van der Waals surface area contributed by atoms with Crippen molar-refractivity contribution in [3.05, 3.63) is 23.3 Å². The van der Waals surface area contributed by atoms with Crippen LogP contribution in [0.5, 0.6) is 17.2 Å². The first kappa shape index (κ1) is 16.9. The van der Waals surface area contributed by atoms with Crippen LogP contribution in [0.1, 0.15) is 26.3 Å². The summed E-state index contributed by atoms with van der Waals surface area (Å²) in [6.45, 7) is 5.31. The highest BCUT2D eigenvalue weighted by Gasteiger charge is 2.16. The fourth-order valence-corrected chi connectivity index (χ4v) is 1.84. The third-order valence-electron chi connectivity index (χ3n) is 2.77. The van der Waals surface area contributed by atoms with Crippen LogP contribution in [0.4, 0.5) is 0 Å². The number of carbonyl (C=O) groups excluding carboxylic acids is 1. The van der Waals surface area contributed by atoms with Crippen LogP contribution in [0.2, 0.25) is 0 Å². The summed E-state index contributed by atoms with van der Waals surface area (Å²) >= 11 is 0. The van der Waals surface area contributed by atoms with Gasteiger partial charge in [-0.15, -0.1) is 0 Å². The lowest BCUT2D eigenvalue weighted by molar-refractivity contribution is -0.142. The Morgan fingerprint density at radius 1 is 1.05 bits per heavy atom. The third-order valence-corrected chi connectivity index (χ3v) is 2.77. The van der Waals surface area contributed by atoms with Crippen LogP contribution in [0.15, 0.2) is 17.7 Å². The van der Waals surface area contributed by atoms with Gasteiger partial charge in [0.15, 0.2) is 11.5 Å². The first-order valence-electron chi connectivity index (χ1n) is 6.62. The smallest absolute Gasteiger partial charge is 0.333 e. The van der Waals surface area contributed by atoms with E-state index in [1.807, 2.05) is 13.8 Å². The van der Waals surface area contributed by atoms with Crippen molar-refractivity contribution < 1.29 is 23.7 Å².